The number of likely N-dealkylation sites (N-methyl/N-ethyl adjacent to an activating group) is 1. The number of unbranched alkanes of at least 4 members (excludes halogenated alkanes) is 2. The van der Waals surface area contributed by atoms with Gasteiger partial charge in [0.2, 0.25) is 0 Å². The smallest absolute Gasteiger partial charge is 0.128 e. The Hall–Kier alpha value is -2.05. The van der Waals surface area contributed by atoms with Crippen molar-refractivity contribution in [3.63, 3.8) is 0 Å². The maximum absolute atomic E-state index is 5.61. The summed E-state index contributed by atoms with van der Waals surface area (Å²) in [5.41, 5.74) is 11.2. The average Bonchev–Trinajstić information content (AvgIpc) is 3.30. The Morgan fingerprint density at radius 3 is 2.36 bits per heavy atom. The van der Waals surface area contributed by atoms with Gasteiger partial charge in [-0.05, 0) is 83.2 Å². The van der Waals surface area contributed by atoms with E-state index in [4.69, 9.17) is 10.7 Å². The minimum absolute atomic E-state index is 0.193. The summed E-state index contributed by atoms with van der Waals surface area (Å²) >= 11 is 0. The first-order chi connectivity index (χ1) is 19.8. The first-order valence-electron chi connectivity index (χ1n) is 16.8. The zero-order chi connectivity index (χ0) is 31.3. The van der Waals surface area contributed by atoms with E-state index < -0.39 is 0 Å². The first-order valence-corrected chi connectivity index (χ1v) is 16.8. The monoisotopic (exact) mass is 583 g/mol. The van der Waals surface area contributed by atoms with E-state index in [1.165, 1.54) is 23.3 Å². The third-order valence-corrected chi connectivity index (χ3v) is 9.25. The molecule has 0 spiro atoms. The predicted octanol–water partition coefficient (Wildman–Crippen LogP) is 6.88. The topological polar surface area (TPSA) is 68.9 Å². The summed E-state index contributed by atoms with van der Waals surface area (Å²) in [5.74, 6) is 2.00. The summed E-state index contributed by atoms with van der Waals surface area (Å²) in [6.45, 7) is 28.9. The molecule has 1 saturated heterocycles. The molecule has 1 fully saturated rings. The minimum Gasteiger partial charge on any atom is -0.389 e. The molecule has 3 unspecified atom stereocenters. The number of piperazine rings is 1. The van der Waals surface area contributed by atoms with Crippen LogP contribution in [0.2, 0.25) is 0 Å². The lowest BCUT2D eigenvalue weighted by Gasteiger charge is -2.36. The number of hydrogen-bond donors (Lipinski definition) is 3. The van der Waals surface area contributed by atoms with Gasteiger partial charge in [-0.1, -0.05) is 71.9 Å². The summed E-state index contributed by atoms with van der Waals surface area (Å²) in [6.07, 6.45) is 14.9. The van der Waals surface area contributed by atoms with Crippen LogP contribution >= 0.6 is 0 Å². The van der Waals surface area contributed by atoms with Crippen molar-refractivity contribution in [2.45, 2.75) is 112 Å². The molecule has 0 saturated carbocycles. The fourth-order valence-corrected chi connectivity index (χ4v) is 5.48. The lowest BCUT2D eigenvalue weighted by atomic mass is 9.80. The van der Waals surface area contributed by atoms with Crippen molar-refractivity contribution in [2.24, 2.45) is 28.0 Å². The highest BCUT2D eigenvalue weighted by Crippen LogP contribution is 2.30. The molecule has 2 aliphatic heterocycles. The average molecular weight is 583 g/mol. The van der Waals surface area contributed by atoms with Crippen LogP contribution in [0, 0.1) is 17.3 Å². The van der Waals surface area contributed by atoms with E-state index in [-0.39, 0.29) is 11.5 Å². The van der Waals surface area contributed by atoms with Crippen LogP contribution in [-0.4, -0.2) is 74.0 Å². The molecule has 0 aromatic carbocycles. The molecule has 2 heterocycles. The van der Waals surface area contributed by atoms with Crippen LogP contribution in [0.4, 0.5) is 0 Å². The molecule has 2 rings (SSSR count). The number of nitrogens with one attached hydrogen (secondary N) is 2. The van der Waals surface area contributed by atoms with E-state index in [2.05, 4.69) is 108 Å². The van der Waals surface area contributed by atoms with E-state index in [1.807, 2.05) is 0 Å². The molecule has 3 atom stereocenters. The summed E-state index contributed by atoms with van der Waals surface area (Å²) in [4.78, 5) is 10.4. The second-order valence-electron chi connectivity index (χ2n) is 14.1. The Balaban J connectivity index is 2.18. The maximum Gasteiger partial charge on any atom is 0.128 e. The lowest BCUT2D eigenvalue weighted by molar-refractivity contribution is 0.180. The molecule has 42 heavy (non-hydrogen) atoms. The predicted molar refractivity (Wildman–Crippen MR) is 185 cm³/mol. The van der Waals surface area contributed by atoms with Crippen molar-refractivity contribution >= 4 is 5.84 Å². The Kier molecular flexibility index (Phi) is 15.4. The molecule has 6 heteroatoms. The molecule has 4 N–H and O–H groups in total. The molecule has 240 valence electrons. The molecule has 0 bridgehead atoms. The van der Waals surface area contributed by atoms with Gasteiger partial charge in [-0.3, -0.25) is 4.99 Å². The molecule has 6 nitrogen and oxygen atoms in total. The number of amidine groups is 1. The highest BCUT2D eigenvalue weighted by molar-refractivity contribution is 6.02. The van der Waals surface area contributed by atoms with Crippen molar-refractivity contribution in [1.29, 1.82) is 0 Å². The zero-order valence-corrected chi connectivity index (χ0v) is 28.9. The van der Waals surface area contributed by atoms with Crippen LogP contribution in [0.15, 0.2) is 52.3 Å². The molecule has 0 aliphatic carbocycles. The third kappa shape index (κ3) is 12.3. The molecule has 2 aliphatic rings. The fourth-order valence-electron chi connectivity index (χ4n) is 5.48. The molecule has 0 aromatic rings. The van der Waals surface area contributed by atoms with Crippen molar-refractivity contribution < 1.29 is 0 Å². The quantitative estimate of drug-likeness (QED) is 0.129. The van der Waals surface area contributed by atoms with Gasteiger partial charge in [0.1, 0.15) is 5.84 Å². The SMILES string of the molecule is C=C(CCCC/C(=C\C(=C/C(C)C(C)(C)C)C1=NC(C/C(=C\C)N2CCN(C)CC2)C(C)N1)C(C)C)NCCCCN. The lowest BCUT2D eigenvalue weighted by Crippen LogP contribution is -2.44. The summed E-state index contributed by atoms with van der Waals surface area (Å²) in [6, 6.07) is 0.563. The van der Waals surface area contributed by atoms with Gasteiger partial charge in [-0.15, -0.1) is 0 Å². The van der Waals surface area contributed by atoms with E-state index in [9.17, 15) is 0 Å². The van der Waals surface area contributed by atoms with E-state index in [1.54, 1.807) is 0 Å². The van der Waals surface area contributed by atoms with Crippen LogP contribution in [-0.2, 0) is 0 Å². The van der Waals surface area contributed by atoms with Crippen LogP contribution in [0.3, 0.4) is 0 Å². The number of allylic oxidation sites excluding steroid dienone is 4. The molecule has 0 aromatic heterocycles. The van der Waals surface area contributed by atoms with Crippen LogP contribution in [0.1, 0.15) is 100 Å². The molecule has 0 radical (unpaired) electrons. The van der Waals surface area contributed by atoms with Crippen molar-refractivity contribution in [3.8, 4) is 0 Å². The Labute approximate surface area is 260 Å². The maximum atomic E-state index is 5.61. The number of nitrogens with two attached hydrogens (primary N) is 1. The molecule has 0 amide bonds. The van der Waals surface area contributed by atoms with Gasteiger partial charge in [0.25, 0.3) is 0 Å². The van der Waals surface area contributed by atoms with Crippen LogP contribution in [0.25, 0.3) is 0 Å². The summed E-state index contributed by atoms with van der Waals surface area (Å²) in [5, 5.41) is 7.29. The van der Waals surface area contributed by atoms with E-state index >= 15 is 0 Å². The largest absolute Gasteiger partial charge is 0.389 e. The van der Waals surface area contributed by atoms with Crippen molar-refractivity contribution in [3.05, 3.63) is 47.3 Å². The number of rotatable bonds is 17. The van der Waals surface area contributed by atoms with Crippen molar-refractivity contribution in [2.75, 3.05) is 46.3 Å². The third-order valence-electron chi connectivity index (χ3n) is 9.25. The first kappa shape index (κ1) is 36.1. The molecular formula is C36H66N6. The fraction of sp³-hybridized carbons (Fsp3) is 0.750. The van der Waals surface area contributed by atoms with Gasteiger partial charge in [0, 0.05) is 62.2 Å². The van der Waals surface area contributed by atoms with Crippen LogP contribution in [0.5, 0.6) is 0 Å². The standard InChI is InChI=1S/C36H66N6/c1-11-33(42-22-20-41(10)21-23-42)26-34-30(6)39-35(40-34)32(24-28(4)36(7,8)9)25-31(27(2)3)17-13-12-16-29(5)38-19-15-14-18-37/h11,24-25,27-28,30,34,38H,5,12-23,26,37H2,1-4,6-10H3,(H,39,40)/b31-25+,32-24+,33-11+. The highest BCUT2D eigenvalue weighted by Gasteiger charge is 2.30. The van der Waals surface area contributed by atoms with Crippen molar-refractivity contribution in [1.82, 2.24) is 20.4 Å². The van der Waals surface area contributed by atoms with Gasteiger partial charge in [-0.2, -0.15) is 0 Å². The van der Waals surface area contributed by atoms with Gasteiger partial charge >= 0.3 is 0 Å². The minimum atomic E-state index is 0.193. The van der Waals surface area contributed by atoms with E-state index in [0.29, 0.717) is 17.9 Å². The normalized spacial score (nSPS) is 21.9. The second kappa shape index (κ2) is 17.9. The number of hydrogen-bond acceptors (Lipinski definition) is 6. The number of aliphatic imine (C=N–C) groups is 1. The highest BCUT2D eigenvalue weighted by atomic mass is 15.3. The van der Waals surface area contributed by atoms with Gasteiger partial charge in [0.15, 0.2) is 0 Å². The summed E-state index contributed by atoms with van der Waals surface area (Å²) in [7, 11) is 2.22. The Morgan fingerprint density at radius 2 is 1.76 bits per heavy atom. The molecular weight excluding hydrogens is 516 g/mol. The van der Waals surface area contributed by atoms with Crippen LogP contribution < -0.4 is 16.4 Å². The van der Waals surface area contributed by atoms with Gasteiger partial charge in [-0.25, -0.2) is 0 Å². The Morgan fingerprint density at radius 1 is 1.10 bits per heavy atom. The summed E-state index contributed by atoms with van der Waals surface area (Å²) < 4.78 is 0. The van der Waals surface area contributed by atoms with Gasteiger partial charge in [0.05, 0.1) is 6.04 Å². The van der Waals surface area contributed by atoms with Gasteiger partial charge < -0.3 is 26.2 Å². The number of nitrogens with zero attached hydrogens (tertiary/aromatic N) is 3. The van der Waals surface area contributed by atoms with E-state index in [0.717, 1.165) is 89.3 Å². The second-order valence-corrected chi connectivity index (χ2v) is 14.1. The zero-order valence-electron chi connectivity index (χ0n) is 28.9. The Bertz CT molecular complexity index is 942.